The van der Waals surface area contributed by atoms with Gasteiger partial charge in [-0.3, -0.25) is 4.79 Å². The number of hydrogen-bond acceptors (Lipinski definition) is 2. The van der Waals surface area contributed by atoms with Gasteiger partial charge in [-0.15, -0.1) is 0 Å². The number of halogens is 2. The van der Waals surface area contributed by atoms with Crippen molar-refractivity contribution >= 4 is 17.5 Å². The molecule has 1 aliphatic rings. The molecular weight excluding hydrogens is 254 g/mol. The molecule has 1 aliphatic carbocycles. The lowest BCUT2D eigenvalue weighted by Gasteiger charge is -2.20. The van der Waals surface area contributed by atoms with Gasteiger partial charge < -0.3 is 0 Å². The van der Waals surface area contributed by atoms with Crippen LogP contribution in [0.1, 0.15) is 42.5 Å². The molecule has 2 rings (SSSR count). The Bertz CT molecular complexity index is 428. The molecule has 1 nitrogen and oxygen atoms in total. The van der Waals surface area contributed by atoms with Crippen LogP contribution in [0.4, 0.5) is 8.78 Å². The highest BCUT2D eigenvalue weighted by atomic mass is 32.2. The second kappa shape index (κ2) is 6.32. The van der Waals surface area contributed by atoms with Gasteiger partial charge in [0.2, 0.25) is 0 Å². The maximum Gasteiger partial charge on any atom is 0.175 e. The number of thioether (sulfide) groups is 1. The molecule has 0 amide bonds. The molecule has 1 aromatic carbocycles. The number of carbonyl (C=O) groups is 1. The van der Waals surface area contributed by atoms with E-state index in [0.29, 0.717) is 5.25 Å². The van der Waals surface area contributed by atoms with Crippen LogP contribution in [0.5, 0.6) is 0 Å². The summed E-state index contributed by atoms with van der Waals surface area (Å²) >= 11 is 1.58. The van der Waals surface area contributed by atoms with Crippen molar-refractivity contribution in [1.82, 2.24) is 0 Å². The Balaban J connectivity index is 1.92. The molecule has 1 aromatic rings. The Morgan fingerprint density at radius 1 is 1.22 bits per heavy atom. The molecule has 4 heteroatoms. The summed E-state index contributed by atoms with van der Waals surface area (Å²) in [5, 5.41) is 0.499. The Morgan fingerprint density at radius 3 is 2.67 bits per heavy atom. The highest BCUT2D eigenvalue weighted by Gasteiger charge is 2.18. The Morgan fingerprint density at radius 2 is 1.94 bits per heavy atom. The molecule has 0 N–H and O–H groups in total. The Kier molecular flexibility index (Phi) is 4.75. The third-order valence-corrected chi connectivity index (χ3v) is 4.60. The van der Waals surface area contributed by atoms with Crippen LogP contribution in [0.3, 0.4) is 0 Å². The van der Waals surface area contributed by atoms with Gasteiger partial charge in [0.1, 0.15) is 11.6 Å². The maximum atomic E-state index is 13.4. The van der Waals surface area contributed by atoms with E-state index in [1.807, 2.05) is 0 Å². The molecular formula is C14H16F2OS. The van der Waals surface area contributed by atoms with Crippen molar-refractivity contribution in [2.75, 3.05) is 5.75 Å². The minimum atomic E-state index is -0.634. The number of ketones is 1. The van der Waals surface area contributed by atoms with Crippen LogP contribution in [0, 0.1) is 11.6 Å². The zero-order valence-electron chi connectivity index (χ0n) is 10.1. The van der Waals surface area contributed by atoms with Crippen LogP contribution in [-0.2, 0) is 0 Å². The first kappa shape index (κ1) is 13.5. The summed E-state index contributed by atoms with van der Waals surface area (Å²) in [6.07, 6.45) is 5.94. The highest BCUT2D eigenvalue weighted by Crippen LogP contribution is 2.28. The predicted octanol–water partition coefficient (Wildman–Crippen LogP) is 4.21. The fourth-order valence-corrected chi connectivity index (χ4v) is 3.42. The van der Waals surface area contributed by atoms with Gasteiger partial charge in [-0.25, -0.2) is 8.78 Å². The molecule has 0 bridgehead atoms. The molecule has 1 saturated carbocycles. The van der Waals surface area contributed by atoms with Crippen molar-refractivity contribution < 1.29 is 13.6 Å². The van der Waals surface area contributed by atoms with E-state index in [1.165, 1.54) is 19.3 Å². The second-order valence-corrected chi connectivity index (χ2v) is 5.91. The van der Waals surface area contributed by atoms with Crippen molar-refractivity contribution in [2.24, 2.45) is 0 Å². The molecule has 0 radical (unpaired) electrons. The zero-order valence-corrected chi connectivity index (χ0v) is 10.9. The van der Waals surface area contributed by atoms with Gasteiger partial charge in [-0.2, -0.15) is 11.8 Å². The Labute approximate surface area is 110 Å². The van der Waals surface area contributed by atoms with E-state index >= 15 is 0 Å². The lowest BCUT2D eigenvalue weighted by Crippen LogP contribution is -2.13. The van der Waals surface area contributed by atoms with Gasteiger partial charge in [0, 0.05) is 5.25 Å². The van der Waals surface area contributed by atoms with E-state index in [0.717, 1.165) is 31.0 Å². The van der Waals surface area contributed by atoms with Gasteiger partial charge in [0.25, 0.3) is 0 Å². The van der Waals surface area contributed by atoms with Gasteiger partial charge in [-0.1, -0.05) is 19.3 Å². The minimum absolute atomic E-state index is 0.127. The number of rotatable bonds is 4. The van der Waals surface area contributed by atoms with Gasteiger partial charge in [0.05, 0.1) is 11.3 Å². The topological polar surface area (TPSA) is 17.1 Å². The van der Waals surface area contributed by atoms with Crippen LogP contribution < -0.4 is 0 Å². The molecule has 98 valence electrons. The van der Waals surface area contributed by atoms with E-state index in [-0.39, 0.29) is 17.1 Å². The largest absolute Gasteiger partial charge is 0.293 e. The van der Waals surface area contributed by atoms with Gasteiger partial charge >= 0.3 is 0 Å². The molecule has 18 heavy (non-hydrogen) atoms. The molecule has 0 aliphatic heterocycles. The number of Topliss-reactive ketones (excluding diaryl/α,β-unsaturated/α-hetero) is 1. The molecule has 0 spiro atoms. The average Bonchev–Trinajstić information content (AvgIpc) is 2.40. The fraction of sp³-hybridized carbons (Fsp3) is 0.500. The summed E-state index contributed by atoms with van der Waals surface area (Å²) < 4.78 is 26.4. The number of carbonyl (C=O) groups excluding carboxylic acids is 1. The van der Waals surface area contributed by atoms with Crippen LogP contribution in [-0.4, -0.2) is 16.8 Å². The van der Waals surface area contributed by atoms with Crippen molar-refractivity contribution in [3.63, 3.8) is 0 Å². The summed E-state index contributed by atoms with van der Waals surface area (Å²) in [6.45, 7) is 0. The lowest BCUT2D eigenvalue weighted by atomic mass is 10.0. The van der Waals surface area contributed by atoms with E-state index in [2.05, 4.69) is 0 Å². The quantitative estimate of drug-likeness (QED) is 0.762. The summed E-state index contributed by atoms with van der Waals surface area (Å²) in [5.41, 5.74) is -0.127. The SMILES string of the molecule is O=C(CSC1CCCCC1)c1cc(F)ccc1F. The summed E-state index contributed by atoms with van der Waals surface area (Å²) in [5.74, 6) is -1.28. The molecule has 1 fully saturated rings. The van der Waals surface area contributed by atoms with Crippen molar-refractivity contribution in [3.05, 3.63) is 35.4 Å². The lowest BCUT2D eigenvalue weighted by molar-refractivity contribution is 0.101. The van der Waals surface area contributed by atoms with E-state index in [1.54, 1.807) is 11.8 Å². The third kappa shape index (κ3) is 3.55. The minimum Gasteiger partial charge on any atom is -0.293 e. The standard InChI is InChI=1S/C14H16F2OS/c15-10-6-7-13(16)12(8-10)14(17)9-18-11-4-2-1-3-5-11/h6-8,11H,1-5,9H2. The fourth-order valence-electron chi connectivity index (χ4n) is 2.21. The van der Waals surface area contributed by atoms with Crippen LogP contribution >= 0.6 is 11.8 Å². The molecule has 0 heterocycles. The molecule has 0 aromatic heterocycles. The van der Waals surface area contributed by atoms with Crippen LogP contribution in [0.2, 0.25) is 0 Å². The van der Waals surface area contributed by atoms with Gasteiger partial charge in [0.15, 0.2) is 5.78 Å². The van der Waals surface area contributed by atoms with Crippen molar-refractivity contribution in [1.29, 1.82) is 0 Å². The number of hydrogen-bond donors (Lipinski definition) is 0. The van der Waals surface area contributed by atoms with Gasteiger partial charge in [-0.05, 0) is 31.0 Å². The highest BCUT2D eigenvalue weighted by molar-refractivity contribution is 8.00. The average molecular weight is 270 g/mol. The monoisotopic (exact) mass is 270 g/mol. The van der Waals surface area contributed by atoms with E-state index < -0.39 is 11.6 Å². The molecule has 0 saturated heterocycles. The predicted molar refractivity (Wildman–Crippen MR) is 70.0 cm³/mol. The summed E-state index contributed by atoms with van der Waals surface area (Å²) in [7, 11) is 0. The summed E-state index contributed by atoms with van der Waals surface area (Å²) in [4.78, 5) is 11.8. The normalized spacial score (nSPS) is 16.8. The smallest absolute Gasteiger partial charge is 0.175 e. The van der Waals surface area contributed by atoms with Crippen molar-refractivity contribution in [3.8, 4) is 0 Å². The van der Waals surface area contributed by atoms with E-state index in [9.17, 15) is 13.6 Å². The second-order valence-electron chi connectivity index (χ2n) is 4.62. The third-order valence-electron chi connectivity index (χ3n) is 3.23. The maximum absolute atomic E-state index is 13.4. The van der Waals surface area contributed by atoms with Crippen LogP contribution in [0.15, 0.2) is 18.2 Å². The Hall–Kier alpha value is -0.900. The van der Waals surface area contributed by atoms with E-state index in [4.69, 9.17) is 0 Å². The molecule has 0 unspecified atom stereocenters. The summed E-state index contributed by atoms with van der Waals surface area (Å²) in [6, 6.07) is 3.02. The van der Waals surface area contributed by atoms with Crippen molar-refractivity contribution in [2.45, 2.75) is 37.4 Å². The van der Waals surface area contributed by atoms with Crippen LogP contribution in [0.25, 0.3) is 0 Å². The first-order chi connectivity index (χ1) is 8.66. The number of benzene rings is 1. The zero-order chi connectivity index (χ0) is 13.0. The first-order valence-corrected chi connectivity index (χ1v) is 7.31. The molecule has 0 atom stereocenters. The first-order valence-electron chi connectivity index (χ1n) is 6.26.